The average Bonchev–Trinajstić information content (AvgIpc) is 3.18. The molecule has 1 aromatic heterocycles. The Balaban J connectivity index is 1.37. The lowest BCUT2D eigenvalue weighted by Crippen LogP contribution is -2.49. The molecule has 2 aromatic carbocycles. The van der Waals surface area contributed by atoms with Gasteiger partial charge >= 0.3 is 12.0 Å². The SMILES string of the molecule is CCOC(=O)c1ccccc1NC(=O)N1CCN(Cc2nc3cc(C(=O)N(C)C)ccc3n2C)CC1. The minimum atomic E-state index is -0.459. The van der Waals surface area contributed by atoms with Gasteiger partial charge in [0.1, 0.15) is 5.82 Å². The molecule has 0 atom stereocenters. The van der Waals surface area contributed by atoms with Crippen molar-refractivity contribution in [2.45, 2.75) is 13.5 Å². The second kappa shape index (κ2) is 10.8. The molecule has 1 fully saturated rings. The number of hydrogen-bond acceptors (Lipinski definition) is 6. The number of fused-ring (bicyclic) bond motifs is 1. The smallest absolute Gasteiger partial charge is 0.340 e. The maximum Gasteiger partial charge on any atom is 0.340 e. The molecule has 10 nitrogen and oxygen atoms in total. The number of carbonyl (C=O) groups excluding carboxylic acids is 3. The number of urea groups is 1. The highest BCUT2D eigenvalue weighted by molar-refractivity contribution is 6.01. The molecule has 10 heteroatoms. The van der Waals surface area contributed by atoms with E-state index >= 15 is 0 Å². The van der Waals surface area contributed by atoms with E-state index in [2.05, 4.69) is 10.2 Å². The van der Waals surface area contributed by atoms with Crippen LogP contribution in [0.5, 0.6) is 0 Å². The van der Waals surface area contributed by atoms with Crippen LogP contribution in [0.25, 0.3) is 11.0 Å². The largest absolute Gasteiger partial charge is 0.462 e. The quantitative estimate of drug-likeness (QED) is 0.531. The summed E-state index contributed by atoms with van der Waals surface area (Å²) in [4.78, 5) is 47.7. The predicted molar refractivity (Wildman–Crippen MR) is 137 cm³/mol. The Morgan fingerprint density at radius 3 is 2.47 bits per heavy atom. The Morgan fingerprint density at radius 2 is 1.78 bits per heavy atom. The van der Waals surface area contributed by atoms with Crippen molar-refractivity contribution in [1.29, 1.82) is 0 Å². The third-order valence-corrected chi connectivity index (χ3v) is 6.32. The summed E-state index contributed by atoms with van der Waals surface area (Å²) in [5, 5.41) is 2.85. The summed E-state index contributed by atoms with van der Waals surface area (Å²) < 4.78 is 7.14. The van der Waals surface area contributed by atoms with Gasteiger partial charge in [0.05, 0.1) is 35.4 Å². The number of carbonyl (C=O) groups is 3. The number of imidazole rings is 1. The van der Waals surface area contributed by atoms with Crippen LogP contribution >= 0.6 is 0 Å². The van der Waals surface area contributed by atoms with Crippen LogP contribution < -0.4 is 5.32 Å². The number of amides is 3. The fourth-order valence-electron chi connectivity index (χ4n) is 4.26. The minimum Gasteiger partial charge on any atom is -0.462 e. The number of esters is 1. The highest BCUT2D eigenvalue weighted by atomic mass is 16.5. The normalized spacial score (nSPS) is 14.1. The van der Waals surface area contributed by atoms with Crippen LogP contribution in [0.15, 0.2) is 42.5 Å². The van der Waals surface area contributed by atoms with Gasteiger partial charge in [-0.25, -0.2) is 14.6 Å². The van der Waals surface area contributed by atoms with Gasteiger partial charge in [-0.2, -0.15) is 0 Å². The molecule has 190 valence electrons. The van der Waals surface area contributed by atoms with E-state index in [1.54, 1.807) is 55.1 Å². The van der Waals surface area contributed by atoms with E-state index < -0.39 is 5.97 Å². The van der Waals surface area contributed by atoms with Crippen LogP contribution in [0.1, 0.15) is 33.5 Å². The number of benzene rings is 2. The Kier molecular flexibility index (Phi) is 7.54. The van der Waals surface area contributed by atoms with E-state index in [0.717, 1.165) is 16.9 Å². The molecule has 0 saturated carbocycles. The molecular weight excluding hydrogens is 460 g/mol. The van der Waals surface area contributed by atoms with Crippen LogP contribution in [0.4, 0.5) is 10.5 Å². The van der Waals surface area contributed by atoms with Gasteiger partial charge in [0.25, 0.3) is 5.91 Å². The number of aryl methyl sites for hydroxylation is 1. The first-order valence-electron chi connectivity index (χ1n) is 12.0. The number of ether oxygens (including phenoxy) is 1. The molecule has 36 heavy (non-hydrogen) atoms. The summed E-state index contributed by atoms with van der Waals surface area (Å²) >= 11 is 0. The van der Waals surface area contributed by atoms with Gasteiger partial charge in [-0.15, -0.1) is 0 Å². The first-order chi connectivity index (χ1) is 17.3. The Hall–Kier alpha value is -3.92. The molecule has 0 spiro atoms. The molecule has 3 amide bonds. The highest BCUT2D eigenvalue weighted by Gasteiger charge is 2.24. The van der Waals surface area contributed by atoms with Gasteiger partial charge in [0, 0.05) is 52.9 Å². The van der Waals surface area contributed by atoms with Crippen molar-refractivity contribution in [2.24, 2.45) is 7.05 Å². The first kappa shape index (κ1) is 25.2. The second-order valence-corrected chi connectivity index (χ2v) is 8.95. The minimum absolute atomic E-state index is 0.0524. The third-order valence-electron chi connectivity index (χ3n) is 6.32. The van der Waals surface area contributed by atoms with Crippen molar-refractivity contribution < 1.29 is 19.1 Å². The van der Waals surface area contributed by atoms with Crippen molar-refractivity contribution >= 4 is 34.6 Å². The summed E-state index contributed by atoms with van der Waals surface area (Å²) in [6.45, 7) is 5.15. The third kappa shape index (κ3) is 5.33. The lowest BCUT2D eigenvalue weighted by atomic mass is 10.2. The molecule has 4 rings (SSSR count). The summed E-state index contributed by atoms with van der Waals surface area (Å²) in [6.07, 6.45) is 0. The van der Waals surface area contributed by atoms with Gasteiger partial charge in [0.15, 0.2) is 0 Å². The van der Waals surface area contributed by atoms with Gasteiger partial charge in [-0.1, -0.05) is 12.1 Å². The highest BCUT2D eigenvalue weighted by Crippen LogP contribution is 2.20. The Morgan fingerprint density at radius 1 is 1.06 bits per heavy atom. The van der Waals surface area contributed by atoms with Crippen LogP contribution in [0.3, 0.4) is 0 Å². The number of nitrogens with zero attached hydrogens (tertiary/aromatic N) is 5. The standard InChI is InChI=1S/C26H32N6O4/c1-5-36-25(34)19-8-6-7-9-20(19)28-26(35)32-14-12-31(13-15-32)17-23-27-21-16-18(24(33)29(2)3)10-11-22(21)30(23)4/h6-11,16H,5,12-15,17H2,1-4H3,(H,28,35). The molecule has 1 aliphatic rings. The zero-order chi connectivity index (χ0) is 25.8. The molecule has 0 radical (unpaired) electrons. The fraction of sp³-hybridized carbons (Fsp3) is 0.385. The number of piperazine rings is 1. The lowest BCUT2D eigenvalue weighted by Gasteiger charge is -2.34. The first-order valence-corrected chi connectivity index (χ1v) is 12.0. The second-order valence-electron chi connectivity index (χ2n) is 8.95. The van der Waals surface area contributed by atoms with E-state index in [1.165, 1.54) is 0 Å². The van der Waals surface area contributed by atoms with Crippen LogP contribution in [-0.4, -0.2) is 89.0 Å². The van der Waals surface area contributed by atoms with E-state index in [-0.39, 0.29) is 18.5 Å². The zero-order valence-corrected chi connectivity index (χ0v) is 21.2. The van der Waals surface area contributed by atoms with Crippen molar-refractivity contribution in [2.75, 3.05) is 52.2 Å². The maximum atomic E-state index is 12.9. The molecule has 0 aliphatic carbocycles. The van der Waals surface area contributed by atoms with E-state index in [0.29, 0.717) is 49.5 Å². The van der Waals surface area contributed by atoms with Gasteiger partial charge in [0.2, 0.25) is 0 Å². The maximum absolute atomic E-state index is 12.9. The van der Waals surface area contributed by atoms with E-state index in [4.69, 9.17) is 9.72 Å². The van der Waals surface area contributed by atoms with E-state index in [9.17, 15) is 14.4 Å². The lowest BCUT2D eigenvalue weighted by molar-refractivity contribution is 0.0527. The molecule has 3 aromatic rings. The van der Waals surface area contributed by atoms with Crippen molar-refractivity contribution in [3.63, 3.8) is 0 Å². The van der Waals surface area contributed by atoms with Crippen molar-refractivity contribution in [3.8, 4) is 0 Å². The van der Waals surface area contributed by atoms with Crippen molar-refractivity contribution in [1.82, 2.24) is 24.3 Å². The number of rotatable bonds is 6. The molecule has 2 heterocycles. The van der Waals surface area contributed by atoms with Gasteiger partial charge in [-0.3, -0.25) is 9.69 Å². The predicted octanol–water partition coefficient (Wildman–Crippen LogP) is 2.80. The number of para-hydroxylation sites is 1. The molecule has 1 aliphatic heterocycles. The Labute approximate surface area is 210 Å². The number of aromatic nitrogens is 2. The summed E-state index contributed by atoms with van der Waals surface area (Å²) in [5.41, 5.74) is 3.15. The number of hydrogen-bond donors (Lipinski definition) is 1. The summed E-state index contributed by atoms with van der Waals surface area (Å²) in [5.74, 6) is 0.392. The molecular formula is C26H32N6O4. The molecule has 0 bridgehead atoms. The average molecular weight is 493 g/mol. The van der Waals surface area contributed by atoms with Crippen LogP contribution in [0.2, 0.25) is 0 Å². The van der Waals surface area contributed by atoms with Gasteiger partial charge in [-0.05, 0) is 37.3 Å². The Bertz CT molecular complexity index is 1280. The van der Waals surface area contributed by atoms with Crippen LogP contribution in [0, 0.1) is 0 Å². The molecule has 0 unspecified atom stereocenters. The summed E-state index contributed by atoms with van der Waals surface area (Å²) in [6, 6.07) is 12.2. The topological polar surface area (TPSA) is 100 Å². The molecule has 1 saturated heterocycles. The van der Waals surface area contributed by atoms with E-state index in [1.807, 2.05) is 29.8 Å². The van der Waals surface area contributed by atoms with Crippen LogP contribution in [-0.2, 0) is 18.3 Å². The fourth-order valence-corrected chi connectivity index (χ4v) is 4.26. The number of anilines is 1. The van der Waals surface area contributed by atoms with Gasteiger partial charge < -0.3 is 24.4 Å². The monoisotopic (exact) mass is 492 g/mol. The number of nitrogens with one attached hydrogen (secondary N) is 1. The summed E-state index contributed by atoms with van der Waals surface area (Å²) in [7, 11) is 5.44. The zero-order valence-electron chi connectivity index (χ0n) is 21.2. The van der Waals surface area contributed by atoms with Crippen molar-refractivity contribution in [3.05, 3.63) is 59.4 Å². The molecule has 1 N–H and O–H groups in total.